The minimum Gasteiger partial charge on any atom is -0.382 e. The van der Waals surface area contributed by atoms with Crippen LogP contribution in [-0.4, -0.2) is 16.9 Å². The molecule has 0 aliphatic heterocycles. The third-order valence-electron chi connectivity index (χ3n) is 3.37. The SMILES string of the molecule is Nc1nc(NC2CCC2)sc1C(=O)Nc1cccc(Cl)c1. The Hall–Kier alpha value is -1.79. The maximum absolute atomic E-state index is 12.2. The number of nitrogen functional groups attached to an aromatic ring is 1. The van der Waals surface area contributed by atoms with Gasteiger partial charge in [0.2, 0.25) is 0 Å². The molecule has 1 heterocycles. The second kappa shape index (κ2) is 5.91. The van der Waals surface area contributed by atoms with E-state index in [0.717, 1.165) is 12.8 Å². The summed E-state index contributed by atoms with van der Waals surface area (Å²) in [4.78, 5) is 16.9. The molecule has 0 saturated heterocycles. The Morgan fingerprint density at radius 1 is 1.43 bits per heavy atom. The fraction of sp³-hybridized carbons (Fsp3) is 0.286. The van der Waals surface area contributed by atoms with Crippen molar-refractivity contribution in [3.8, 4) is 0 Å². The van der Waals surface area contributed by atoms with Crippen LogP contribution in [0.5, 0.6) is 0 Å². The Morgan fingerprint density at radius 2 is 2.24 bits per heavy atom. The molecule has 1 amide bonds. The van der Waals surface area contributed by atoms with Crippen molar-refractivity contribution in [3.05, 3.63) is 34.2 Å². The van der Waals surface area contributed by atoms with Gasteiger partial charge in [-0.25, -0.2) is 4.98 Å². The lowest BCUT2D eigenvalue weighted by molar-refractivity contribution is 0.103. The molecule has 0 spiro atoms. The topological polar surface area (TPSA) is 80.0 Å². The number of benzene rings is 1. The molecular formula is C14H15ClN4OS. The zero-order valence-electron chi connectivity index (χ0n) is 11.2. The number of amides is 1. The van der Waals surface area contributed by atoms with Crippen LogP contribution in [0.3, 0.4) is 0 Å². The molecule has 0 radical (unpaired) electrons. The molecule has 7 heteroatoms. The zero-order valence-corrected chi connectivity index (χ0v) is 12.8. The lowest BCUT2D eigenvalue weighted by Crippen LogP contribution is -2.26. The van der Waals surface area contributed by atoms with E-state index in [2.05, 4.69) is 15.6 Å². The van der Waals surface area contributed by atoms with Crippen LogP contribution in [0.25, 0.3) is 0 Å². The van der Waals surface area contributed by atoms with E-state index in [-0.39, 0.29) is 11.7 Å². The van der Waals surface area contributed by atoms with E-state index in [0.29, 0.717) is 26.8 Å². The number of nitrogens with one attached hydrogen (secondary N) is 2. The molecular weight excluding hydrogens is 308 g/mol. The van der Waals surface area contributed by atoms with Crippen LogP contribution in [0.4, 0.5) is 16.6 Å². The Balaban J connectivity index is 1.71. The molecule has 1 aromatic carbocycles. The van der Waals surface area contributed by atoms with Crippen molar-refractivity contribution in [1.82, 2.24) is 4.98 Å². The number of anilines is 3. The molecule has 21 heavy (non-hydrogen) atoms. The smallest absolute Gasteiger partial charge is 0.269 e. The van der Waals surface area contributed by atoms with Crippen molar-refractivity contribution in [2.24, 2.45) is 0 Å². The van der Waals surface area contributed by atoms with Gasteiger partial charge < -0.3 is 16.4 Å². The molecule has 1 aliphatic carbocycles. The molecule has 5 nitrogen and oxygen atoms in total. The Morgan fingerprint density at radius 3 is 2.90 bits per heavy atom. The fourth-order valence-corrected chi connectivity index (χ4v) is 3.08. The van der Waals surface area contributed by atoms with Gasteiger partial charge in [0.25, 0.3) is 5.91 Å². The molecule has 1 saturated carbocycles. The van der Waals surface area contributed by atoms with E-state index < -0.39 is 0 Å². The summed E-state index contributed by atoms with van der Waals surface area (Å²) < 4.78 is 0. The predicted molar refractivity (Wildman–Crippen MR) is 87.2 cm³/mol. The molecule has 1 aromatic heterocycles. The molecule has 0 atom stereocenters. The van der Waals surface area contributed by atoms with Gasteiger partial charge >= 0.3 is 0 Å². The van der Waals surface area contributed by atoms with Gasteiger partial charge in [-0.05, 0) is 37.5 Å². The number of nitrogens with two attached hydrogens (primary N) is 1. The first-order valence-corrected chi connectivity index (χ1v) is 7.91. The second-order valence-electron chi connectivity index (χ2n) is 4.97. The number of carbonyl (C=O) groups is 1. The standard InChI is InChI=1S/C14H15ClN4OS/c15-8-3-1-6-10(7-8)17-13(20)11-12(16)19-14(21-11)18-9-4-2-5-9/h1,3,6-7,9H,2,4-5,16H2,(H,17,20)(H,18,19). The largest absolute Gasteiger partial charge is 0.382 e. The summed E-state index contributed by atoms with van der Waals surface area (Å²) in [6.45, 7) is 0. The van der Waals surface area contributed by atoms with Gasteiger partial charge in [0.05, 0.1) is 0 Å². The van der Waals surface area contributed by atoms with Gasteiger partial charge in [-0.2, -0.15) is 0 Å². The molecule has 110 valence electrons. The molecule has 2 aromatic rings. The van der Waals surface area contributed by atoms with Crippen LogP contribution < -0.4 is 16.4 Å². The van der Waals surface area contributed by atoms with Crippen LogP contribution in [0.1, 0.15) is 28.9 Å². The van der Waals surface area contributed by atoms with E-state index in [4.69, 9.17) is 17.3 Å². The van der Waals surface area contributed by atoms with Crippen molar-refractivity contribution >= 4 is 45.5 Å². The molecule has 0 unspecified atom stereocenters. The van der Waals surface area contributed by atoms with Crippen molar-refractivity contribution < 1.29 is 4.79 Å². The van der Waals surface area contributed by atoms with Gasteiger partial charge in [0.15, 0.2) is 5.13 Å². The number of aromatic nitrogens is 1. The lowest BCUT2D eigenvalue weighted by Gasteiger charge is -2.25. The van der Waals surface area contributed by atoms with Crippen LogP contribution in [0.15, 0.2) is 24.3 Å². The monoisotopic (exact) mass is 322 g/mol. The first-order valence-electron chi connectivity index (χ1n) is 6.71. The Labute approximate surface area is 131 Å². The summed E-state index contributed by atoms with van der Waals surface area (Å²) in [6.07, 6.45) is 3.52. The van der Waals surface area contributed by atoms with Gasteiger partial charge in [-0.3, -0.25) is 4.79 Å². The number of hydrogen-bond acceptors (Lipinski definition) is 5. The number of thiazole rings is 1. The number of carbonyl (C=O) groups excluding carboxylic acids is 1. The Bertz CT molecular complexity index is 669. The summed E-state index contributed by atoms with van der Waals surface area (Å²) in [7, 11) is 0. The number of halogens is 1. The van der Waals surface area contributed by atoms with E-state index in [9.17, 15) is 4.79 Å². The van der Waals surface area contributed by atoms with Crippen LogP contribution >= 0.6 is 22.9 Å². The predicted octanol–water partition coefficient (Wildman–Crippen LogP) is 3.60. The average Bonchev–Trinajstić information content (AvgIpc) is 2.75. The van der Waals surface area contributed by atoms with E-state index >= 15 is 0 Å². The first kappa shape index (κ1) is 14.2. The van der Waals surface area contributed by atoms with E-state index in [1.165, 1.54) is 17.8 Å². The Kier molecular flexibility index (Phi) is 3.98. The molecule has 1 aliphatic rings. The van der Waals surface area contributed by atoms with Gasteiger partial charge in [0, 0.05) is 16.8 Å². The number of nitrogens with zero attached hydrogens (tertiary/aromatic N) is 1. The third kappa shape index (κ3) is 3.28. The maximum Gasteiger partial charge on any atom is 0.269 e. The third-order valence-corrected chi connectivity index (χ3v) is 4.61. The summed E-state index contributed by atoms with van der Waals surface area (Å²) in [5.74, 6) is -0.0183. The molecule has 4 N–H and O–H groups in total. The van der Waals surface area contributed by atoms with Crippen molar-refractivity contribution in [2.75, 3.05) is 16.4 Å². The first-order chi connectivity index (χ1) is 10.1. The molecule has 0 bridgehead atoms. The quantitative estimate of drug-likeness (QED) is 0.803. The van der Waals surface area contributed by atoms with Crippen molar-refractivity contribution in [3.63, 3.8) is 0 Å². The fourth-order valence-electron chi connectivity index (χ4n) is 2.04. The van der Waals surface area contributed by atoms with Crippen LogP contribution in [-0.2, 0) is 0 Å². The number of rotatable bonds is 4. The minimum absolute atomic E-state index is 0.251. The van der Waals surface area contributed by atoms with Crippen LogP contribution in [0, 0.1) is 0 Å². The summed E-state index contributed by atoms with van der Waals surface area (Å²) in [5.41, 5.74) is 6.47. The highest BCUT2D eigenvalue weighted by molar-refractivity contribution is 7.18. The highest BCUT2D eigenvalue weighted by atomic mass is 35.5. The highest BCUT2D eigenvalue weighted by Crippen LogP contribution is 2.30. The van der Waals surface area contributed by atoms with Gasteiger partial charge in [-0.1, -0.05) is 29.0 Å². The second-order valence-corrected chi connectivity index (χ2v) is 6.41. The van der Waals surface area contributed by atoms with Crippen molar-refractivity contribution in [2.45, 2.75) is 25.3 Å². The maximum atomic E-state index is 12.2. The summed E-state index contributed by atoms with van der Waals surface area (Å²) in [6, 6.07) is 7.44. The normalized spacial score (nSPS) is 14.5. The van der Waals surface area contributed by atoms with Crippen molar-refractivity contribution in [1.29, 1.82) is 0 Å². The highest BCUT2D eigenvalue weighted by Gasteiger charge is 2.21. The van der Waals surface area contributed by atoms with Gasteiger partial charge in [-0.15, -0.1) is 0 Å². The lowest BCUT2D eigenvalue weighted by atomic mass is 9.93. The molecule has 3 rings (SSSR count). The summed E-state index contributed by atoms with van der Waals surface area (Å²) >= 11 is 7.17. The van der Waals surface area contributed by atoms with Crippen LogP contribution in [0.2, 0.25) is 5.02 Å². The zero-order chi connectivity index (χ0) is 14.8. The van der Waals surface area contributed by atoms with Gasteiger partial charge in [0.1, 0.15) is 10.7 Å². The minimum atomic E-state index is -0.270. The van der Waals surface area contributed by atoms with E-state index in [1.807, 2.05) is 0 Å². The number of hydrogen-bond donors (Lipinski definition) is 3. The molecule has 1 fully saturated rings. The average molecular weight is 323 g/mol. The van der Waals surface area contributed by atoms with E-state index in [1.54, 1.807) is 24.3 Å². The summed E-state index contributed by atoms with van der Waals surface area (Å²) in [5, 5.41) is 7.34.